The number of benzene rings is 1. The summed E-state index contributed by atoms with van der Waals surface area (Å²) in [5.74, 6) is 0. The molecule has 3 nitrogen and oxygen atoms in total. The topological polar surface area (TPSA) is 42.4 Å². The average molecular weight is 231 g/mol. The van der Waals surface area contributed by atoms with E-state index in [1.807, 2.05) is 37.3 Å². The molecule has 0 aliphatic carbocycles. The molecule has 1 N–H and O–H groups in total. The van der Waals surface area contributed by atoms with Crippen molar-refractivity contribution in [1.29, 1.82) is 0 Å². The highest BCUT2D eigenvalue weighted by atomic mass is 16.5. The molecule has 0 saturated heterocycles. The van der Waals surface area contributed by atoms with E-state index in [0.717, 1.165) is 17.2 Å². The predicted molar refractivity (Wildman–Crippen MR) is 67.8 cm³/mol. The van der Waals surface area contributed by atoms with Crippen LogP contribution in [0.4, 0.5) is 0 Å². The Morgan fingerprint density at radius 1 is 1.29 bits per heavy atom. The second-order valence-corrected chi connectivity index (χ2v) is 4.01. The largest absolute Gasteiger partial charge is 0.384 e. The monoisotopic (exact) mass is 231 g/mol. The van der Waals surface area contributed by atoms with Crippen LogP contribution in [0.5, 0.6) is 0 Å². The Balaban J connectivity index is 2.22. The van der Waals surface area contributed by atoms with Crippen molar-refractivity contribution in [2.45, 2.75) is 19.4 Å². The fraction of sp³-hybridized carbons (Fsp3) is 0.357. The summed E-state index contributed by atoms with van der Waals surface area (Å²) >= 11 is 0. The predicted octanol–water partition coefficient (Wildman–Crippen LogP) is 2.69. The number of nitrogens with zero attached hydrogens (tertiary/aromatic N) is 1. The van der Waals surface area contributed by atoms with Gasteiger partial charge in [0, 0.05) is 18.2 Å². The molecule has 0 spiro atoms. The second-order valence-electron chi connectivity index (χ2n) is 4.01. The van der Waals surface area contributed by atoms with Gasteiger partial charge in [-0.2, -0.15) is 0 Å². The van der Waals surface area contributed by atoms with Crippen molar-refractivity contribution in [3.63, 3.8) is 0 Å². The van der Waals surface area contributed by atoms with Crippen LogP contribution in [0, 0.1) is 0 Å². The van der Waals surface area contributed by atoms with Crippen LogP contribution in [-0.2, 0) is 4.74 Å². The Morgan fingerprint density at radius 2 is 2.12 bits per heavy atom. The Labute approximate surface area is 101 Å². The summed E-state index contributed by atoms with van der Waals surface area (Å²) in [7, 11) is 0. The first-order valence-corrected chi connectivity index (χ1v) is 5.92. The number of ether oxygens (including phenoxy) is 1. The third kappa shape index (κ3) is 2.81. The van der Waals surface area contributed by atoms with Gasteiger partial charge in [-0.25, -0.2) is 0 Å². The number of fused-ring (bicyclic) bond motifs is 1. The summed E-state index contributed by atoms with van der Waals surface area (Å²) in [5, 5.41) is 12.1. The molecule has 1 heterocycles. The van der Waals surface area contributed by atoms with Gasteiger partial charge in [-0.1, -0.05) is 31.2 Å². The maximum absolute atomic E-state index is 10.1. The van der Waals surface area contributed by atoms with Crippen molar-refractivity contribution in [3.05, 3.63) is 42.2 Å². The molecule has 90 valence electrons. The summed E-state index contributed by atoms with van der Waals surface area (Å²) in [6.07, 6.45) is 2.02. The molecule has 0 saturated carbocycles. The number of rotatable bonds is 5. The van der Waals surface area contributed by atoms with E-state index in [9.17, 15) is 5.11 Å². The minimum absolute atomic E-state index is 0.300. The average Bonchev–Trinajstić information content (AvgIpc) is 2.38. The van der Waals surface area contributed by atoms with Crippen molar-refractivity contribution in [3.8, 4) is 0 Å². The molecule has 2 rings (SSSR count). The molecule has 17 heavy (non-hydrogen) atoms. The molecule has 1 unspecified atom stereocenters. The van der Waals surface area contributed by atoms with Gasteiger partial charge in [0.15, 0.2) is 0 Å². The molecular formula is C14H17NO2. The Bertz CT molecular complexity index is 479. The van der Waals surface area contributed by atoms with Crippen LogP contribution in [0.15, 0.2) is 36.5 Å². The molecule has 0 aliphatic heterocycles. The third-order valence-electron chi connectivity index (χ3n) is 2.64. The van der Waals surface area contributed by atoms with Crippen LogP contribution in [-0.4, -0.2) is 23.3 Å². The lowest BCUT2D eigenvalue weighted by atomic mass is 10.1. The first kappa shape index (κ1) is 12.0. The van der Waals surface area contributed by atoms with Crippen molar-refractivity contribution >= 4 is 10.8 Å². The zero-order valence-corrected chi connectivity index (χ0v) is 9.97. The number of hydrogen-bond acceptors (Lipinski definition) is 3. The van der Waals surface area contributed by atoms with E-state index in [0.29, 0.717) is 18.9 Å². The fourth-order valence-corrected chi connectivity index (χ4v) is 1.83. The van der Waals surface area contributed by atoms with Crippen molar-refractivity contribution in [2.75, 3.05) is 13.2 Å². The molecule has 0 amide bonds. The Kier molecular flexibility index (Phi) is 4.07. The molecule has 1 aromatic heterocycles. The molecule has 2 aromatic rings. The SMILES string of the molecule is CCCOCC(O)c1nccc2ccccc12. The van der Waals surface area contributed by atoms with Crippen LogP contribution < -0.4 is 0 Å². The highest BCUT2D eigenvalue weighted by Crippen LogP contribution is 2.22. The third-order valence-corrected chi connectivity index (χ3v) is 2.64. The summed E-state index contributed by atoms with van der Waals surface area (Å²) in [5.41, 5.74) is 0.694. The van der Waals surface area contributed by atoms with Crippen molar-refractivity contribution in [2.24, 2.45) is 0 Å². The second kappa shape index (κ2) is 5.75. The summed E-state index contributed by atoms with van der Waals surface area (Å²) in [6, 6.07) is 9.86. The molecule has 1 aromatic carbocycles. The highest BCUT2D eigenvalue weighted by molar-refractivity contribution is 5.84. The molecule has 0 radical (unpaired) electrons. The first-order chi connectivity index (χ1) is 8.33. The first-order valence-electron chi connectivity index (χ1n) is 5.92. The van der Waals surface area contributed by atoms with Crippen LogP contribution >= 0.6 is 0 Å². The van der Waals surface area contributed by atoms with Gasteiger partial charge < -0.3 is 9.84 Å². The molecule has 1 atom stereocenters. The zero-order valence-electron chi connectivity index (χ0n) is 9.97. The molecule has 0 aliphatic rings. The number of aliphatic hydroxyl groups excluding tert-OH is 1. The van der Waals surface area contributed by atoms with Crippen LogP contribution in [0.3, 0.4) is 0 Å². The van der Waals surface area contributed by atoms with Gasteiger partial charge in [0.05, 0.1) is 12.3 Å². The maximum atomic E-state index is 10.1. The number of aliphatic hydroxyl groups is 1. The van der Waals surface area contributed by atoms with E-state index in [1.54, 1.807) is 6.20 Å². The minimum Gasteiger partial charge on any atom is -0.384 e. The zero-order chi connectivity index (χ0) is 12.1. The number of aromatic nitrogens is 1. The minimum atomic E-state index is -0.660. The van der Waals surface area contributed by atoms with E-state index in [1.165, 1.54) is 0 Å². The van der Waals surface area contributed by atoms with Crippen LogP contribution in [0.1, 0.15) is 25.1 Å². The summed E-state index contributed by atoms with van der Waals surface area (Å²) in [6.45, 7) is 3.01. The number of pyridine rings is 1. The van der Waals surface area contributed by atoms with Gasteiger partial charge in [0.25, 0.3) is 0 Å². The van der Waals surface area contributed by atoms with E-state index >= 15 is 0 Å². The van der Waals surface area contributed by atoms with E-state index in [2.05, 4.69) is 4.98 Å². The van der Waals surface area contributed by atoms with E-state index in [4.69, 9.17) is 4.74 Å². The van der Waals surface area contributed by atoms with Crippen molar-refractivity contribution in [1.82, 2.24) is 4.98 Å². The quantitative estimate of drug-likeness (QED) is 0.804. The van der Waals surface area contributed by atoms with Gasteiger partial charge in [-0.15, -0.1) is 0 Å². The smallest absolute Gasteiger partial charge is 0.120 e. The lowest BCUT2D eigenvalue weighted by Crippen LogP contribution is -2.09. The Morgan fingerprint density at radius 3 is 2.94 bits per heavy atom. The number of hydrogen-bond donors (Lipinski definition) is 1. The fourth-order valence-electron chi connectivity index (χ4n) is 1.83. The maximum Gasteiger partial charge on any atom is 0.120 e. The Hall–Kier alpha value is -1.45. The molecule has 3 heteroatoms. The normalized spacial score (nSPS) is 12.8. The van der Waals surface area contributed by atoms with Gasteiger partial charge in [-0.05, 0) is 17.9 Å². The standard InChI is InChI=1S/C14H17NO2/c1-2-9-17-10-13(16)14-12-6-4-3-5-11(12)7-8-15-14/h3-8,13,16H,2,9-10H2,1H3. The molecular weight excluding hydrogens is 214 g/mol. The van der Waals surface area contributed by atoms with Gasteiger partial charge in [-0.3, -0.25) is 4.98 Å². The summed E-state index contributed by atoms with van der Waals surface area (Å²) in [4.78, 5) is 4.26. The van der Waals surface area contributed by atoms with Gasteiger partial charge in [0.2, 0.25) is 0 Å². The molecule has 0 bridgehead atoms. The lowest BCUT2D eigenvalue weighted by Gasteiger charge is -2.12. The lowest BCUT2D eigenvalue weighted by molar-refractivity contribution is 0.0350. The summed E-state index contributed by atoms with van der Waals surface area (Å²) < 4.78 is 5.36. The van der Waals surface area contributed by atoms with E-state index < -0.39 is 6.10 Å². The van der Waals surface area contributed by atoms with Gasteiger partial charge in [0.1, 0.15) is 6.10 Å². The highest BCUT2D eigenvalue weighted by Gasteiger charge is 2.12. The molecule has 0 fully saturated rings. The van der Waals surface area contributed by atoms with Crippen LogP contribution in [0.25, 0.3) is 10.8 Å². The van der Waals surface area contributed by atoms with Gasteiger partial charge >= 0.3 is 0 Å². The van der Waals surface area contributed by atoms with Crippen LogP contribution in [0.2, 0.25) is 0 Å². The van der Waals surface area contributed by atoms with Crippen molar-refractivity contribution < 1.29 is 9.84 Å². The van der Waals surface area contributed by atoms with E-state index in [-0.39, 0.29) is 0 Å².